The molecule has 1 fully saturated rings. The first-order chi connectivity index (χ1) is 20.5. The number of para-hydroxylation sites is 1. The Bertz CT molecular complexity index is 1860. The lowest BCUT2D eigenvalue weighted by atomic mass is 9.75. The van der Waals surface area contributed by atoms with Crippen LogP contribution in [0, 0.1) is 0 Å². The third-order valence-electron chi connectivity index (χ3n) is 9.07. The zero-order valence-electron chi connectivity index (χ0n) is 24.5. The lowest BCUT2D eigenvalue weighted by molar-refractivity contribution is -0.171. The quantitative estimate of drug-likeness (QED) is 0.228. The SMILES string of the molecule is CC1(C)OB(c2ccccc2CCC(=O)O[C@@H]2C(=O)OCc3c2cc2n(c3=O)Cc3cc4ccccc4nc3-2)OC1(C)C. The number of nitrogens with zero attached hydrogens (tertiary/aromatic N) is 2. The van der Waals surface area contributed by atoms with E-state index in [-0.39, 0.29) is 18.6 Å². The molecule has 0 aliphatic carbocycles. The summed E-state index contributed by atoms with van der Waals surface area (Å²) in [6.07, 6.45) is -0.974. The van der Waals surface area contributed by atoms with Gasteiger partial charge in [-0.2, -0.15) is 0 Å². The molecule has 7 rings (SSSR count). The zero-order valence-corrected chi connectivity index (χ0v) is 24.5. The second-order valence-electron chi connectivity index (χ2n) is 12.3. The maximum atomic E-state index is 13.6. The van der Waals surface area contributed by atoms with Gasteiger partial charge in [-0.15, -0.1) is 0 Å². The molecule has 3 aliphatic heterocycles. The average molecular weight is 578 g/mol. The molecule has 2 aromatic carbocycles. The third kappa shape index (κ3) is 4.56. The largest absolute Gasteiger partial charge is 0.495 e. The van der Waals surface area contributed by atoms with Gasteiger partial charge in [0.2, 0.25) is 6.10 Å². The van der Waals surface area contributed by atoms with Gasteiger partial charge < -0.3 is 23.3 Å². The minimum absolute atomic E-state index is 0.00985. The molecule has 2 aromatic heterocycles. The van der Waals surface area contributed by atoms with Crippen molar-refractivity contribution in [2.45, 2.75) is 71.0 Å². The van der Waals surface area contributed by atoms with E-state index in [4.69, 9.17) is 23.8 Å². The number of rotatable bonds is 5. The van der Waals surface area contributed by atoms with Crippen LogP contribution < -0.4 is 11.0 Å². The van der Waals surface area contributed by atoms with Crippen molar-refractivity contribution in [1.29, 1.82) is 0 Å². The molecule has 4 aromatic rings. The lowest BCUT2D eigenvalue weighted by Crippen LogP contribution is -2.41. The van der Waals surface area contributed by atoms with E-state index in [9.17, 15) is 14.4 Å². The first kappa shape index (κ1) is 27.6. The number of esters is 2. The Morgan fingerprint density at radius 3 is 2.53 bits per heavy atom. The molecule has 0 radical (unpaired) electrons. The molecule has 0 unspecified atom stereocenters. The Kier molecular flexibility index (Phi) is 6.34. The van der Waals surface area contributed by atoms with E-state index in [1.54, 1.807) is 10.6 Å². The van der Waals surface area contributed by atoms with Crippen molar-refractivity contribution in [3.8, 4) is 11.4 Å². The Hall–Kier alpha value is -4.28. The molecule has 1 saturated heterocycles. The highest BCUT2D eigenvalue weighted by molar-refractivity contribution is 6.62. The predicted octanol–water partition coefficient (Wildman–Crippen LogP) is 4.00. The van der Waals surface area contributed by atoms with Crippen molar-refractivity contribution in [1.82, 2.24) is 9.55 Å². The van der Waals surface area contributed by atoms with Crippen LogP contribution in [0.2, 0.25) is 0 Å². The Morgan fingerprint density at radius 1 is 1.02 bits per heavy atom. The minimum atomic E-state index is -1.34. The van der Waals surface area contributed by atoms with Gasteiger partial charge in [-0.25, -0.2) is 9.78 Å². The molecule has 0 N–H and O–H groups in total. The van der Waals surface area contributed by atoms with E-state index < -0.39 is 36.4 Å². The summed E-state index contributed by atoms with van der Waals surface area (Å²) in [7, 11) is -0.568. The van der Waals surface area contributed by atoms with Gasteiger partial charge in [-0.3, -0.25) is 9.59 Å². The smallest absolute Gasteiger partial charge is 0.458 e. The molecule has 10 heteroatoms. The highest BCUT2D eigenvalue weighted by atomic mass is 16.7. The van der Waals surface area contributed by atoms with Crippen LogP contribution in [0.25, 0.3) is 22.3 Å². The van der Waals surface area contributed by atoms with Gasteiger partial charge in [0.25, 0.3) is 5.56 Å². The topological polar surface area (TPSA) is 106 Å². The first-order valence-electron chi connectivity index (χ1n) is 14.5. The van der Waals surface area contributed by atoms with Crippen LogP contribution in [-0.4, -0.2) is 39.8 Å². The maximum Gasteiger partial charge on any atom is 0.495 e. The normalized spacial score (nSPS) is 19.5. The Labute approximate surface area is 248 Å². The van der Waals surface area contributed by atoms with Crippen molar-refractivity contribution in [3.05, 3.63) is 93.3 Å². The van der Waals surface area contributed by atoms with Gasteiger partial charge in [0, 0.05) is 22.9 Å². The molecule has 43 heavy (non-hydrogen) atoms. The van der Waals surface area contributed by atoms with Crippen LogP contribution >= 0.6 is 0 Å². The zero-order chi connectivity index (χ0) is 30.1. The fraction of sp³-hybridized carbons (Fsp3) is 0.333. The molecule has 218 valence electrons. The molecule has 1 atom stereocenters. The van der Waals surface area contributed by atoms with E-state index in [0.717, 1.165) is 27.5 Å². The standard InChI is InChI=1S/C33H31BN2O7/c1-32(2)33(3,4)43-34(42-32)24-11-7-5-9-19(24)13-14-27(37)41-29-22-16-26-28-21(15-20-10-6-8-12-25(20)35-28)17-36(26)30(38)23(22)18-40-31(29)39/h5-12,15-16,29H,13-14,17-18H2,1-4H3/t29-/m0/s1. The molecule has 0 amide bonds. The van der Waals surface area contributed by atoms with Gasteiger partial charge >= 0.3 is 19.1 Å². The van der Waals surface area contributed by atoms with Gasteiger partial charge in [0.05, 0.1) is 40.2 Å². The van der Waals surface area contributed by atoms with E-state index >= 15 is 0 Å². The van der Waals surface area contributed by atoms with Gasteiger partial charge in [0.15, 0.2) is 0 Å². The van der Waals surface area contributed by atoms with Crippen molar-refractivity contribution in [2.24, 2.45) is 0 Å². The number of aryl methyl sites for hydroxylation is 1. The summed E-state index contributed by atoms with van der Waals surface area (Å²) in [5.74, 6) is -1.28. The van der Waals surface area contributed by atoms with E-state index in [0.29, 0.717) is 35.5 Å². The summed E-state index contributed by atoms with van der Waals surface area (Å²) in [6, 6.07) is 19.2. The van der Waals surface area contributed by atoms with Crippen LogP contribution in [0.3, 0.4) is 0 Å². The molecule has 3 aliphatic rings. The van der Waals surface area contributed by atoms with Crippen LogP contribution in [0.1, 0.15) is 62.5 Å². The molecule has 0 spiro atoms. The summed E-state index contributed by atoms with van der Waals surface area (Å²) in [5.41, 5.74) is 4.11. The van der Waals surface area contributed by atoms with Gasteiger partial charge in [-0.05, 0) is 63.3 Å². The monoisotopic (exact) mass is 578 g/mol. The minimum Gasteiger partial charge on any atom is -0.458 e. The molecule has 5 heterocycles. The number of carbonyl (C=O) groups is 2. The number of aromatic nitrogens is 2. The van der Waals surface area contributed by atoms with Crippen molar-refractivity contribution < 1.29 is 28.4 Å². The predicted molar refractivity (Wildman–Crippen MR) is 160 cm³/mol. The molecule has 9 nitrogen and oxygen atoms in total. The second kappa shape index (κ2) is 9.89. The number of benzene rings is 2. The van der Waals surface area contributed by atoms with Crippen molar-refractivity contribution >= 4 is 35.4 Å². The first-order valence-corrected chi connectivity index (χ1v) is 14.5. The third-order valence-corrected chi connectivity index (χ3v) is 9.07. The maximum absolute atomic E-state index is 13.6. The number of cyclic esters (lactones) is 1. The lowest BCUT2D eigenvalue weighted by Gasteiger charge is -2.32. The average Bonchev–Trinajstić information content (AvgIpc) is 3.44. The number of carbonyl (C=O) groups excluding carboxylic acids is 2. The van der Waals surface area contributed by atoms with Crippen LogP contribution in [-0.2, 0) is 47.9 Å². The molecular weight excluding hydrogens is 547 g/mol. The highest BCUT2D eigenvalue weighted by Crippen LogP contribution is 2.38. The number of fused-ring (bicyclic) bond motifs is 5. The Morgan fingerprint density at radius 2 is 1.74 bits per heavy atom. The fourth-order valence-corrected chi connectivity index (χ4v) is 5.96. The highest BCUT2D eigenvalue weighted by Gasteiger charge is 2.52. The number of hydrogen-bond acceptors (Lipinski definition) is 8. The van der Waals surface area contributed by atoms with E-state index in [2.05, 4.69) is 0 Å². The van der Waals surface area contributed by atoms with Crippen LogP contribution in [0.4, 0.5) is 0 Å². The van der Waals surface area contributed by atoms with Gasteiger partial charge in [0.1, 0.15) is 6.61 Å². The Balaban J connectivity index is 1.14. The summed E-state index contributed by atoms with van der Waals surface area (Å²) >= 11 is 0. The van der Waals surface area contributed by atoms with Crippen molar-refractivity contribution in [2.75, 3.05) is 0 Å². The summed E-state index contributed by atoms with van der Waals surface area (Å²) < 4.78 is 25.1. The fourth-order valence-electron chi connectivity index (χ4n) is 5.96. The van der Waals surface area contributed by atoms with Crippen molar-refractivity contribution in [3.63, 3.8) is 0 Å². The number of ether oxygens (including phenoxy) is 2. The van der Waals surface area contributed by atoms with Crippen LogP contribution in [0.5, 0.6) is 0 Å². The molecule has 0 saturated carbocycles. The summed E-state index contributed by atoms with van der Waals surface area (Å²) in [6.45, 7) is 8.17. The molecular formula is C33H31BN2O7. The van der Waals surface area contributed by atoms with Crippen LogP contribution in [0.15, 0.2) is 65.5 Å². The second-order valence-corrected chi connectivity index (χ2v) is 12.3. The summed E-state index contributed by atoms with van der Waals surface area (Å²) in [4.78, 5) is 44.4. The number of pyridine rings is 2. The van der Waals surface area contributed by atoms with Gasteiger partial charge in [-0.1, -0.05) is 42.5 Å². The number of hydrogen-bond donors (Lipinski definition) is 0. The van der Waals surface area contributed by atoms with E-state index in [1.807, 2.05) is 82.3 Å². The molecule has 0 bridgehead atoms. The van der Waals surface area contributed by atoms with E-state index in [1.165, 1.54) is 0 Å². The summed E-state index contributed by atoms with van der Waals surface area (Å²) in [5, 5.41) is 0.984.